The van der Waals surface area contributed by atoms with Crippen LogP contribution in [0.2, 0.25) is 0 Å². The van der Waals surface area contributed by atoms with Crippen molar-refractivity contribution in [1.82, 2.24) is 10.2 Å². The largest absolute Gasteiger partial charge is 0.459 e. The summed E-state index contributed by atoms with van der Waals surface area (Å²) >= 11 is 0. The number of benzene rings is 1. The highest BCUT2D eigenvalue weighted by Crippen LogP contribution is 2.31. The molecule has 0 fully saturated rings. The molecule has 0 saturated carbocycles. The van der Waals surface area contributed by atoms with Crippen LogP contribution < -0.4 is 0 Å². The predicted molar refractivity (Wildman–Crippen MR) is 71.5 cm³/mol. The van der Waals surface area contributed by atoms with Crippen molar-refractivity contribution in [2.45, 2.75) is 32.1 Å². The Balaban J connectivity index is 1.77. The van der Waals surface area contributed by atoms with Crippen molar-refractivity contribution in [3.05, 3.63) is 47.2 Å². The Morgan fingerprint density at radius 2 is 2.15 bits per heavy atom. The fraction of sp³-hybridized carbons (Fsp3) is 0.400. The highest BCUT2D eigenvalue weighted by atomic mass is 16.5. The number of aryl methyl sites for hydroxylation is 1. The van der Waals surface area contributed by atoms with E-state index in [9.17, 15) is 4.79 Å². The van der Waals surface area contributed by atoms with Crippen LogP contribution in [0.1, 0.15) is 47.0 Å². The average Bonchev–Trinajstić information content (AvgIpc) is 2.97. The molecule has 5 nitrogen and oxygen atoms in total. The van der Waals surface area contributed by atoms with Crippen LogP contribution in [-0.2, 0) is 17.6 Å². The van der Waals surface area contributed by atoms with Crippen molar-refractivity contribution in [1.29, 1.82) is 0 Å². The Kier molecular flexibility index (Phi) is 3.50. The first-order chi connectivity index (χ1) is 9.78. The van der Waals surface area contributed by atoms with E-state index in [4.69, 9.17) is 9.15 Å². The van der Waals surface area contributed by atoms with E-state index >= 15 is 0 Å². The van der Waals surface area contributed by atoms with Crippen LogP contribution in [0, 0.1) is 0 Å². The lowest BCUT2D eigenvalue weighted by Gasteiger charge is -2.21. The Morgan fingerprint density at radius 3 is 2.95 bits per heavy atom. The van der Waals surface area contributed by atoms with Gasteiger partial charge in [0.15, 0.2) is 0 Å². The Labute approximate surface area is 117 Å². The fourth-order valence-corrected chi connectivity index (χ4v) is 2.58. The maximum atomic E-state index is 11.5. The molecule has 1 aromatic heterocycles. The second-order valence-corrected chi connectivity index (χ2v) is 4.87. The van der Waals surface area contributed by atoms with E-state index in [0.717, 1.165) is 19.3 Å². The fourth-order valence-electron chi connectivity index (χ4n) is 2.58. The molecule has 0 bridgehead atoms. The number of carbonyl (C=O) groups excluding carboxylic acids is 1. The number of hydrogen-bond acceptors (Lipinski definition) is 5. The Bertz CT molecular complexity index is 621. The summed E-state index contributed by atoms with van der Waals surface area (Å²) in [5.74, 6) is 0.103. The van der Waals surface area contributed by atoms with Crippen molar-refractivity contribution in [2.75, 3.05) is 6.61 Å². The summed E-state index contributed by atoms with van der Waals surface area (Å²) in [6, 6.07) is 8.39. The van der Waals surface area contributed by atoms with Crippen LogP contribution in [0.15, 0.2) is 28.7 Å². The van der Waals surface area contributed by atoms with Crippen molar-refractivity contribution >= 4 is 5.97 Å². The van der Waals surface area contributed by atoms with Crippen LogP contribution in [0.25, 0.3) is 0 Å². The molecule has 1 heterocycles. The third-order valence-corrected chi connectivity index (χ3v) is 3.59. The number of carbonyl (C=O) groups is 1. The minimum absolute atomic E-state index is 0.0549. The van der Waals surface area contributed by atoms with E-state index in [2.05, 4.69) is 28.4 Å². The number of hydrogen-bond donors (Lipinski definition) is 0. The number of rotatable bonds is 3. The smallest absolute Gasteiger partial charge is 0.396 e. The maximum Gasteiger partial charge on any atom is 0.396 e. The van der Waals surface area contributed by atoms with Crippen LogP contribution in [-0.4, -0.2) is 22.8 Å². The summed E-state index contributed by atoms with van der Waals surface area (Å²) in [7, 11) is 0. The van der Waals surface area contributed by atoms with Gasteiger partial charge in [0.05, 0.1) is 6.61 Å². The molecule has 1 aliphatic rings. The van der Waals surface area contributed by atoms with Gasteiger partial charge in [-0.25, -0.2) is 4.79 Å². The zero-order valence-corrected chi connectivity index (χ0v) is 11.3. The Hall–Kier alpha value is -2.17. The molecule has 0 radical (unpaired) electrons. The topological polar surface area (TPSA) is 65.2 Å². The molecule has 0 aliphatic heterocycles. The first kappa shape index (κ1) is 12.8. The number of esters is 1. The van der Waals surface area contributed by atoms with Gasteiger partial charge in [0.25, 0.3) is 0 Å². The van der Waals surface area contributed by atoms with Crippen molar-refractivity contribution in [3.8, 4) is 0 Å². The van der Waals surface area contributed by atoms with Gasteiger partial charge in [-0.15, -0.1) is 10.2 Å². The van der Waals surface area contributed by atoms with E-state index in [-0.39, 0.29) is 11.8 Å². The molecule has 1 aliphatic carbocycles. The van der Waals surface area contributed by atoms with Gasteiger partial charge < -0.3 is 9.15 Å². The number of ether oxygens (including phenoxy) is 1. The molecule has 1 aromatic carbocycles. The Morgan fingerprint density at radius 1 is 1.35 bits per heavy atom. The number of aromatic nitrogens is 2. The lowest BCUT2D eigenvalue weighted by atomic mass is 9.84. The molecule has 20 heavy (non-hydrogen) atoms. The lowest BCUT2D eigenvalue weighted by molar-refractivity contribution is 0.0478. The molecule has 1 atom stereocenters. The van der Waals surface area contributed by atoms with Gasteiger partial charge in [0, 0.05) is 5.92 Å². The van der Waals surface area contributed by atoms with Gasteiger partial charge in [0.1, 0.15) is 0 Å². The first-order valence-corrected chi connectivity index (χ1v) is 6.85. The normalized spacial score (nSPS) is 17.6. The molecule has 104 valence electrons. The van der Waals surface area contributed by atoms with Crippen LogP contribution in [0.3, 0.4) is 0 Å². The van der Waals surface area contributed by atoms with Gasteiger partial charge in [-0.3, -0.25) is 0 Å². The molecule has 2 aromatic rings. The van der Waals surface area contributed by atoms with Crippen molar-refractivity contribution in [3.63, 3.8) is 0 Å². The minimum atomic E-state index is -0.553. The third kappa shape index (κ3) is 2.43. The molecule has 0 spiro atoms. The monoisotopic (exact) mass is 272 g/mol. The first-order valence-electron chi connectivity index (χ1n) is 6.85. The van der Waals surface area contributed by atoms with Gasteiger partial charge in [-0.2, -0.15) is 0 Å². The predicted octanol–water partition coefficient (Wildman–Crippen LogP) is 2.52. The second kappa shape index (κ2) is 5.45. The molecular weight excluding hydrogens is 256 g/mol. The zero-order valence-electron chi connectivity index (χ0n) is 11.3. The minimum Gasteiger partial charge on any atom is -0.459 e. The summed E-state index contributed by atoms with van der Waals surface area (Å²) in [6.45, 7) is 2.04. The molecule has 0 N–H and O–H groups in total. The summed E-state index contributed by atoms with van der Waals surface area (Å²) in [5.41, 5.74) is 2.70. The van der Waals surface area contributed by atoms with Gasteiger partial charge in [-0.1, -0.05) is 24.3 Å². The molecule has 5 heteroatoms. The van der Waals surface area contributed by atoms with E-state index in [1.165, 1.54) is 11.1 Å². The number of fused-ring (bicyclic) bond motifs is 1. The SMILES string of the molecule is CCOC(=O)c1nnc(C2CCc3ccccc3C2)o1. The summed E-state index contributed by atoms with van der Waals surface area (Å²) < 4.78 is 10.3. The highest BCUT2D eigenvalue weighted by molar-refractivity contribution is 5.83. The molecule has 0 saturated heterocycles. The second-order valence-electron chi connectivity index (χ2n) is 4.87. The quantitative estimate of drug-likeness (QED) is 0.803. The van der Waals surface area contributed by atoms with E-state index in [0.29, 0.717) is 12.5 Å². The van der Waals surface area contributed by atoms with Gasteiger partial charge in [0.2, 0.25) is 5.89 Å². The zero-order chi connectivity index (χ0) is 13.9. The molecular formula is C15H16N2O3. The summed E-state index contributed by atoms with van der Waals surface area (Å²) in [4.78, 5) is 11.5. The standard InChI is InChI=1S/C15H16N2O3/c1-2-19-15(18)14-17-16-13(20-14)12-8-7-10-5-3-4-6-11(10)9-12/h3-6,12H,2,7-9H2,1H3. The van der Waals surface area contributed by atoms with Crippen molar-refractivity contribution in [2.24, 2.45) is 0 Å². The summed E-state index contributed by atoms with van der Waals surface area (Å²) in [5, 5.41) is 7.77. The molecule has 1 unspecified atom stereocenters. The highest BCUT2D eigenvalue weighted by Gasteiger charge is 2.26. The third-order valence-electron chi connectivity index (χ3n) is 3.59. The molecule has 0 amide bonds. The van der Waals surface area contributed by atoms with Gasteiger partial charge >= 0.3 is 11.9 Å². The molecule has 3 rings (SSSR count). The van der Waals surface area contributed by atoms with Crippen LogP contribution in [0.5, 0.6) is 0 Å². The summed E-state index contributed by atoms with van der Waals surface area (Å²) in [6.07, 6.45) is 2.83. The average molecular weight is 272 g/mol. The lowest BCUT2D eigenvalue weighted by Crippen LogP contribution is -2.12. The van der Waals surface area contributed by atoms with E-state index < -0.39 is 5.97 Å². The van der Waals surface area contributed by atoms with E-state index in [1.54, 1.807) is 6.92 Å². The van der Waals surface area contributed by atoms with Gasteiger partial charge in [-0.05, 0) is 37.3 Å². The van der Waals surface area contributed by atoms with Crippen LogP contribution >= 0.6 is 0 Å². The maximum absolute atomic E-state index is 11.5. The van der Waals surface area contributed by atoms with Crippen molar-refractivity contribution < 1.29 is 13.9 Å². The van der Waals surface area contributed by atoms with Crippen LogP contribution in [0.4, 0.5) is 0 Å². The number of nitrogens with zero attached hydrogens (tertiary/aromatic N) is 2. The van der Waals surface area contributed by atoms with E-state index in [1.807, 2.05) is 6.07 Å².